The van der Waals surface area contributed by atoms with Gasteiger partial charge in [0.25, 0.3) is 0 Å². The van der Waals surface area contributed by atoms with Crippen molar-refractivity contribution < 1.29 is 23.1 Å². The number of amides is 1. The molecular weight excluding hydrogens is 356 g/mol. The fourth-order valence-electron chi connectivity index (χ4n) is 2.89. The molecule has 1 atom stereocenters. The van der Waals surface area contributed by atoms with Gasteiger partial charge in [0.1, 0.15) is 6.04 Å². The Morgan fingerprint density at radius 3 is 2.23 bits per heavy atom. The Morgan fingerprint density at radius 1 is 1.12 bits per heavy atom. The first kappa shape index (κ1) is 20.4. The maximum Gasteiger partial charge on any atom is 0.325 e. The summed E-state index contributed by atoms with van der Waals surface area (Å²) < 4.78 is 27.0. The highest BCUT2D eigenvalue weighted by atomic mass is 32.2. The van der Waals surface area contributed by atoms with Crippen molar-refractivity contribution in [3.8, 4) is 0 Å². The lowest BCUT2D eigenvalue weighted by atomic mass is 10.1. The lowest BCUT2D eigenvalue weighted by Gasteiger charge is -2.20. The van der Waals surface area contributed by atoms with E-state index in [1.165, 1.54) is 6.92 Å². The summed E-state index contributed by atoms with van der Waals surface area (Å²) >= 11 is 0. The van der Waals surface area contributed by atoms with Gasteiger partial charge in [0.15, 0.2) is 0 Å². The quantitative estimate of drug-likeness (QED) is 0.748. The number of benzene rings is 1. The van der Waals surface area contributed by atoms with Crippen molar-refractivity contribution in [3.63, 3.8) is 0 Å². The average Bonchev–Trinajstić information content (AvgIpc) is 2.90. The summed E-state index contributed by atoms with van der Waals surface area (Å²) in [4.78, 5) is 22.7. The molecule has 1 heterocycles. The van der Waals surface area contributed by atoms with E-state index in [1.54, 1.807) is 28.6 Å². The smallest absolute Gasteiger partial charge is 0.325 e. The number of aliphatic carboxylic acids is 1. The first-order valence-corrected chi connectivity index (χ1v) is 10.4. The third-order valence-corrected chi connectivity index (χ3v) is 6.43. The number of nitrogens with zero attached hydrogens (tertiary/aromatic N) is 1. The molecule has 0 saturated carbocycles. The highest BCUT2D eigenvalue weighted by Crippen LogP contribution is 2.21. The molecule has 0 aromatic heterocycles. The molecule has 8 heteroatoms. The Hall–Kier alpha value is -1.93. The molecule has 2 N–H and O–H groups in total. The van der Waals surface area contributed by atoms with Gasteiger partial charge in [-0.25, -0.2) is 8.42 Å². The molecule has 0 bridgehead atoms. The molecule has 2 rings (SSSR count). The van der Waals surface area contributed by atoms with Gasteiger partial charge in [-0.1, -0.05) is 25.0 Å². The molecule has 1 fully saturated rings. The number of carboxylic acid groups (broad SMARTS) is 1. The standard InChI is InChI=1S/C18H26N2O5S/c1-14(18(22)23)19-17(21)11-8-15-6-9-16(10-7-15)26(24,25)20-12-4-2-3-5-13-20/h6-7,9-10,14H,2-5,8,11-13H2,1H3,(H,19,21)(H,22,23). The molecule has 7 nitrogen and oxygen atoms in total. The number of hydrogen-bond donors (Lipinski definition) is 2. The molecule has 1 amide bonds. The van der Waals surface area contributed by atoms with Crippen LogP contribution in [0.2, 0.25) is 0 Å². The number of hydrogen-bond acceptors (Lipinski definition) is 4. The number of sulfonamides is 1. The van der Waals surface area contributed by atoms with Crippen LogP contribution in [0, 0.1) is 0 Å². The van der Waals surface area contributed by atoms with Crippen LogP contribution in [0.3, 0.4) is 0 Å². The number of rotatable bonds is 7. The summed E-state index contributed by atoms with van der Waals surface area (Å²) in [5, 5.41) is 11.2. The topological polar surface area (TPSA) is 104 Å². The summed E-state index contributed by atoms with van der Waals surface area (Å²) in [5.74, 6) is -1.43. The van der Waals surface area contributed by atoms with Crippen LogP contribution < -0.4 is 5.32 Å². The van der Waals surface area contributed by atoms with Crippen LogP contribution in [0.1, 0.15) is 44.6 Å². The zero-order valence-corrected chi connectivity index (χ0v) is 15.8. The molecule has 0 radical (unpaired) electrons. The molecule has 1 saturated heterocycles. The Bertz CT molecular complexity index is 722. The maximum absolute atomic E-state index is 12.7. The van der Waals surface area contributed by atoms with E-state index in [1.807, 2.05) is 0 Å². The minimum Gasteiger partial charge on any atom is -0.480 e. The second-order valence-corrected chi connectivity index (χ2v) is 8.53. The minimum atomic E-state index is -3.47. The van der Waals surface area contributed by atoms with Crippen molar-refractivity contribution in [3.05, 3.63) is 29.8 Å². The van der Waals surface area contributed by atoms with E-state index < -0.39 is 22.0 Å². The Morgan fingerprint density at radius 2 is 1.69 bits per heavy atom. The molecular formula is C18H26N2O5S. The van der Waals surface area contributed by atoms with Crippen LogP contribution in [0.5, 0.6) is 0 Å². The van der Waals surface area contributed by atoms with Crippen molar-refractivity contribution in [1.29, 1.82) is 0 Å². The Balaban J connectivity index is 1.95. The van der Waals surface area contributed by atoms with E-state index in [4.69, 9.17) is 5.11 Å². The van der Waals surface area contributed by atoms with Crippen LogP contribution >= 0.6 is 0 Å². The summed E-state index contributed by atoms with van der Waals surface area (Å²) in [5.41, 5.74) is 0.831. The van der Waals surface area contributed by atoms with E-state index in [2.05, 4.69) is 5.32 Å². The molecule has 0 aliphatic carbocycles. The summed E-state index contributed by atoms with van der Waals surface area (Å²) in [6.07, 6.45) is 4.47. The fourth-order valence-corrected chi connectivity index (χ4v) is 4.41. The normalized spacial score (nSPS) is 17.3. The fraction of sp³-hybridized carbons (Fsp3) is 0.556. The van der Waals surface area contributed by atoms with E-state index >= 15 is 0 Å². The molecule has 1 aromatic carbocycles. The van der Waals surface area contributed by atoms with E-state index in [0.717, 1.165) is 31.2 Å². The molecule has 1 aliphatic heterocycles. The van der Waals surface area contributed by atoms with Crippen LogP contribution in [0.25, 0.3) is 0 Å². The first-order chi connectivity index (χ1) is 12.3. The predicted molar refractivity (Wildman–Crippen MR) is 97.2 cm³/mol. The third kappa shape index (κ3) is 5.54. The van der Waals surface area contributed by atoms with Crippen molar-refractivity contribution in [2.75, 3.05) is 13.1 Å². The van der Waals surface area contributed by atoms with Crippen LogP contribution in [0.15, 0.2) is 29.2 Å². The number of nitrogens with one attached hydrogen (secondary N) is 1. The monoisotopic (exact) mass is 382 g/mol. The van der Waals surface area contributed by atoms with Crippen LogP contribution in [-0.2, 0) is 26.0 Å². The van der Waals surface area contributed by atoms with E-state index in [-0.39, 0.29) is 17.2 Å². The summed E-state index contributed by atoms with van der Waals surface area (Å²) in [7, 11) is -3.47. The molecule has 1 unspecified atom stereocenters. The second kappa shape index (κ2) is 9.14. The van der Waals surface area contributed by atoms with Gasteiger partial charge < -0.3 is 10.4 Å². The zero-order valence-electron chi connectivity index (χ0n) is 15.0. The van der Waals surface area contributed by atoms with Gasteiger partial charge in [0, 0.05) is 19.5 Å². The third-order valence-electron chi connectivity index (χ3n) is 4.51. The highest BCUT2D eigenvalue weighted by Gasteiger charge is 2.24. The largest absolute Gasteiger partial charge is 0.480 e. The number of aryl methyl sites for hydroxylation is 1. The lowest BCUT2D eigenvalue weighted by Crippen LogP contribution is -2.38. The van der Waals surface area contributed by atoms with Crippen molar-refractivity contribution in [2.24, 2.45) is 0 Å². The van der Waals surface area contributed by atoms with Gasteiger partial charge in [0.05, 0.1) is 4.90 Å². The van der Waals surface area contributed by atoms with Gasteiger partial charge in [-0.05, 0) is 43.9 Å². The molecule has 144 valence electrons. The van der Waals surface area contributed by atoms with Crippen molar-refractivity contribution in [1.82, 2.24) is 9.62 Å². The van der Waals surface area contributed by atoms with Gasteiger partial charge >= 0.3 is 5.97 Å². The summed E-state index contributed by atoms with van der Waals surface area (Å²) in [6.45, 7) is 2.53. The van der Waals surface area contributed by atoms with Gasteiger partial charge in [0.2, 0.25) is 15.9 Å². The number of carbonyl (C=O) groups is 2. The number of carboxylic acids is 1. The van der Waals surface area contributed by atoms with Gasteiger partial charge in [-0.15, -0.1) is 0 Å². The van der Waals surface area contributed by atoms with Crippen molar-refractivity contribution >= 4 is 21.9 Å². The molecule has 1 aliphatic rings. The van der Waals surface area contributed by atoms with Crippen LogP contribution in [-0.4, -0.2) is 48.8 Å². The molecule has 26 heavy (non-hydrogen) atoms. The number of carbonyl (C=O) groups excluding carboxylic acids is 1. The van der Waals surface area contributed by atoms with Crippen LogP contribution in [0.4, 0.5) is 0 Å². The Labute approximate surface area is 154 Å². The molecule has 0 spiro atoms. The summed E-state index contributed by atoms with van der Waals surface area (Å²) in [6, 6.07) is 5.64. The zero-order chi connectivity index (χ0) is 19.2. The predicted octanol–water partition coefficient (Wildman–Crippen LogP) is 1.77. The van der Waals surface area contributed by atoms with Crippen molar-refractivity contribution in [2.45, 2.75) is 56.4 Å². The Kier molecular flexibility index (Phi) is 7.16. The van der Waals surface area contributed by atoms with Gasteiger partial charge in [-0.3, -0.25) is 9.59 Å². The first-order valence-electron chi connectivity index (χ1n) is 8.92. The maximum atomic E-state index is 12.7. The lowest BCUT2D eigenvalue weighted by molar-refractivity contribution is -0.141. The van der Waals surface area contributed by atoms with Gasteiger partial charge in [-0.2, -0.15) is 4.31 Å². The SMILES string of the molecule is CC(NC(=O)CCc1ccc(S(=O)(=O)N2CCCCCC2)cc1)C(=O)O. The van der Waals surface area contributed by atoms with E-state index in [9.17, 15) is 18.0 Å². The van der Waals surface area contributed by atoms with E-state index in [0.29, 0.717) is 19.5 Å². The average molecular weight is 382 g/mol. The minimum absolute atomic E-state index is 0.149. The second-order valence-electron chi connectivity index (χ2n) is 6.59. The molecule has 1 aromatic rings. The highest BCUT2D eigenvalue weighted by molar-refractivity contribution is 7.89.